The standard InChI is InChI=1S/C27H28N4O5/c28-27(29)30-15-14-21(35-20-6-2-1-3-7-20)16-24-25(32)31(22-8-4-5-9-23(22)36-24)17-18-10-12-19(13-11-18)26(33)34/h1-13,21,24H,14-17H2,(H,33,34)(H4,28,29,30). The minimum absolute atomic E-state index is 0.00697. The lowest BCUT2D eigenvalue weighted by Gasteiger charge is -2.35. The van der Waals surface area contributed by atoms with E-state index in [1.165, 1.54) is 12.1 Å². The van der Waals surface area contributed by atoms with Crippen LogP contribution in [-0.4, -0.2) is 41.7 Å². The maximum Gasteiger partial charge on any atom is 0.335 e. The van der Waals surface area contributed by atoms with Crippen molar-refractivity contribution < 1.29 is 24.2 Å². The number of anilines is 1. The normalized spacial score (nSPS) is 15.4. The van der Waals surface area contributed by atoms with Crippen molar-refractivity contribution in [2.24, 2.45) is 16.5 Å². The van der Waals surface area contributed by atoms with Crippen LogP contribution in [0.25, 0.3) is 0 Å². The van der Waals surface area contributed by atoms with Gasteiger partial charge in [-0.15, -0.1) is 0 Å². The molecule has 0 fully saturated rings. The summed E-state index contributed by atoms with van der Waals surface area (Å²) in [5, 5.41) is 9.17. The zero-order valence-electron chi connectivity index (χ0n) is 19.6. The van der Waals surface area contributed by atoms with Gasteiger partial charge in [-0.1, -0.05) is 42.5 Å². The number of nitrogens with two attached hydrogens (primary N) is 2. The summed E-state index contributed by atoms with van der Waals surface area (Å²) in [7, 11) is 0. The number of amides is 1. The van der Waals surface area contributed by atoms with E-state index in [4.69, 9.17) is 20.9 Å². The quantitative estimate of drug-likeness (QED) is 0.294. The summed E-state index contributed by atoms with van der Waals surface area (Å²) in [6.07, 6.45) is -0.396. The van der Waals surface area contributed by atoms with Crippen LogP contribution in [-0.2, 0) is 11.3 Å². The van der Waals surface area contributed by atoms with E-state index in [0.717, 1.165) is 5.56 Å². The van der Waals surface area contributed by atoms with E-state index >= 15 is 0 Å². The number of hydrogen-bond acceptors (Lipinski definition) is 5. The SMILES string of the molecule is NC(N)=NCCC(CC1Oc2ccccc2N(Cc2ccc(C(=O)O)cc2)C1=O)Oc1ccccc1. The molecule has 0 aromatic heterocycles. The van der Waals surface area contributed by atoms with E-state index < -0.39 is 12.1 Å². The molecule has 3 aromatic carbocycles. The van der Waals surface area contributed by atoms with Gasteiger partial charge in [0.25, 0.3) is 5.91 Å². The first kappa shape index (κ1) is 24.6. The Hall–Kier alpha value is -4.53. The third-order valence-corrected chi connectivity index (χ3v) is 5.78. The highest BCUT2D eigenvalue weighted by molar-refractivity contribution is 6.00. The fourth-order valence-electron chi connectivity index (χ4n) is 4.02. The summed E-state index contributed by atoms with van der Waals surface area (Å²) in [5.74, 6) is 0.0461. The Morgan fingerprint density at radius 1 is 1.03 bits per heavy atom. The molecular weight excluding hydrogens is 460 g/mol. The zero-order chi connectivity index (χ0) is 25.5. The molecule has 0 saturated carbocycles. The Labute approximate surface area is 209 Å². The number of fused-ring (bicyclic) bond motifs is 1. The summed E-state index contributed by atoms with van der Waals surface area (Å²) in [6, 6.07) is 23.1. The van der Waals surface area contributed by atoms with Crippen molar-refractivity contribution >= 4 is 23.5 Å². The Balaban J connectivity index is 1.56. The molecule has 4 rings (SSSR count). The van der Waals surface area contributed by atoms with Gasteiger partial charge in [-0.3, -0.25) is 9.79 Å². The van der Waals surface area contributed by atoms with Crippen molar-refractivity contribution in [2.75, 3.05) is 11.4 Å². The van der Waals surface area contributed by atoms with Gasteiger partial charge in [0.15, 0.2) is 12.1 Å². The topological polar surface area (TPSA) is 140 Å². The highest BCUT2D eigenvalue weighted by Gasteiger charge is 2.36. The molecule has 0 aliphatic carbocycles. The van der Waals surface area contributed by atoms with Crippen LogP contribution < -0.4 is 25.8 Å². The van der Waals surface area contributed by atoms with Gasteiger partial charge in [0.2, 0.25) is 0 Å². The Kier molecular flexibility index (Phi) is 7.69. The minimum Gasteiger partial charge on any atom is -0.490 e. The maximum absolute atomic E-state index is 13.6. The first-order chi connectivity index (χ1) is 17.4. The number of hydrogen-bond donors (Lipinski definition) is 3. The predicted octanol–water partition coefficient (Wildman–Crippen LogP) is 3.18. The number of rotatable bonds is 10. The van der Waals surface area contributed by atoms with Crippen molar-refractivity contribution in [1.29, 1.82) is 0 Å². The van der Waals surface area contributed by atoms with Crippen molar-refractivity contribution in [2.45, 2.75) is 31.6 Å². The number of aromatic carboxylic acids is 1. The summed E-state index contributed by atoms with van der Waals surface area (Å²) in [4.78, 5) is 30.5. The number of ether oxygens (including phenoxy) is 2. The van der Waals surface area contributed by atoms with Gasteiger partial charge in [0, 0.05) is 19.4 Å². The molecule has 5 N–H and O–H groups in total. The Morgan fingerprint density at radius 3 is 2.42 bits per heavy atom. The summed E-state index contributed by atoms with van der Waals surface area (Å²) in [6.45, 7) is 0.616. The van der Waals surface area contributed by atoms with Crippen molar-refractivity contribution in [1.82, 2.24) is 0 Å². The average molecular weight is 489 g/mol. The number of carbonyl (C=O) groups is 2. The third-order valence-electron chi connectivity index (χ3n) is 5.78. The lowest BCUT2D eigenvalue weighted by atomic mass is 10.0. The molecule has 9 heteroatoms. The van der Waals surface area contributed by atoms with E-state index in [2.05, 4.69) is 4.99 Å². The first-order valence-electron chi connectivity index (χ1n) is 11.6. The van der Waals surface area contributed by atoms with Crippen LogP contribution in [0.3, 0.4) is 0 Å². The Morgan fingerprint density at radius 2 is 1.72 bits per heavy atom. The van der Waals surface area contributed by atoms with E-state index in [-0.39, 0.29) is 36.5 Å². The molecule has 1 aliphatic heterocycles. The molecular formula is C27H28N4O5. The second-order valence-corrected chi connectivity index (χ2v) is 8.38. The molecule has 3 aromatic rings. The summed E-state index contributed by atoms with van der Waals surface area (Å²) < 4.78 is 12.3. The molecule has 1 amide bonds. The molecule has 0 saturated heterocycles. The summed E-state index contributed by atoms with van der Waals surface area (Å²) >= 11 is 0. The molecule has 0 bridgehead atoms. The van der Waals surface area contributed by atoms with Gasteiger partial charge in [-0.25, -0.2) is 4.79 Å². The van der Waals surface area contributed by atoms with E-state index in [1.807, 2.05) is 54.6 Å². The van der Waals surface area contributed by atoms with Crippen LogP contribution in [0.4, 0.5) is 5.69 Å². The van der Waals surface area contributed by atoms with E-state index in [9.17, 15) is 14.7 Å². The molecule has 36 heavy (non-hydrogen) atoms. The first-order valence-corrected chi connectivity index (χ1v) is 11.6. The van der Waals surface area contributed by atoms with Gasteiger partial charge in [-0.05, 0) is 42.0 Å². The molecule has 9 nitrogen and oxygen atoms in total. The monoisotopic (exact) mass is 488 g/mol. The maximum atomic E-state index is 13.6. The molecule has 0 spiro atoms. The number of guanidine groups is 1. The minimum atomic E-state index is -1.00. The largest absolute Gasteiger partial charge is 0.490 e. The van der Waals surface area contributed by atoms with Crippen LogP contribution in [0.15, 0.2) is 83.9 Å². The lowest BCUT2D eigenvalue weighted by molar-refractivity contribution is -0.127. The molecule has 186 valence electrons. The lowest BCUT2D eigenvalue weighted by Crippen LogP contribution is -2.47. The third kappa shape index (κ3) is 6.12. The van der Waals surface area contributed by atoms with Gasteiger partial charge in [0.1, 0.15) is 17.6 Å². The number of nitrogens with zero attached hydrogens (tertiary/aromatic N) is 2. The van der Waals surface area contributed by atoms with Crippen LogP contribution >= 0.6 is 0 Å². The smallest absolute Gasteiger partial charge is 0.335 e. The number of benzene rings is 3. The zero-order valence-corrected chi connectivity index (χ0v) is 19.6. The second kappa shape index (κ2) is 11.3. The van der Waals surface area contributed by atoms with Gasteiger partial charge in [-0.2, -0.15) is 0 Å². The van der Waals surface area contributed by atoms with Crippen molar-refractivity contribution in [3.63, 3.8) is 0 Å². The van der Waals surface area contributed by atoms with E-state index in [0.29, 0.717) is 30.2 Å². The fourth-order valence-corrected chi connectivity index (χ4v) is 4.02. The predicted molar refractivity (Wildman–Crippen MR) is 136 cm³/mol. The number of carbonyl (C=O) groups excluding carboxylic acids is 1. The Bertz CT molecular complexity index is 1230. The molecule has 2 unspecified atom stereocenters. The average Bonchev–Trinajstić information content (AvgIpc) is 2.87. The summed E-state index contributed by atoms with van der Waals surface area (Å²) in [5.41, 5.74) is 12.6. The number of carboxylic acids is 1. The van der Waals surface area contributed by atoms with Crippen LogP contribution in [0, 0.1) is 0 Å². The van der Waals surface area contributed by atoms with Crippen LogP contribution in [0.2, 0.25) is 0 Å². The fraction of sp³-hybridized carbons (Fsp3) is 0.222. The van der Waals surface area contributed by atoms with Crippen LogP contribution in [0.5, 0.6) is 11.5 Å². The molecule has 1 aliphatic rings. The molecule has 1 heterocycles. The van der Waals surface area contributed by atoms with Crippen molar-refractivity contribution in [3.8, 4) is 11.5 Å². The highest BCUT2D eigenvalue weighted by atomic mass is 16.5. The number of para-hydroxylation sites is 3. The van der Waals surface area contributed by atoms with Crippen LogP contribution in [0.1, 0.15) is 28.8 Å². The van der Waals surface area contributed by atoms with Gasteiger partial charge in [0.05, 0.1) is 17.8 Å². The molecule has 2 atom stereocenters. The van der Waals surface area contributed by atoms with E-state index in [1.54, 1.807) is 17.0 Å². The van der Waals surface area contributed by atoms with Gasteiger partial charge >= 0.3 is 5.97 Å². The number of carboxylic acid groups (broad SMARTS) is 1. The number of aliphatic imine (C=N–C) groups is 1. The highest BCUT2D eigenvalue weighted by Crippen LogP contribution is 2.36. The second-order valence-electron chi connectivity index (χ2n) is 8.38. The van der Waals surface area contributed by atoms with Gasteiger partial charge < -0.3 is 30.9 Å². The molecule has 0 radical (unpaired) electrons. The van der Waals surface area contributed by atoms with Crippen molar-refractivity contribution in [3.05, 3.63) is 90.0 Å².